The zero-order valence-electron chi connectivity index (χ0n) is 4.50. The minimum Gasteiger partial charge on any atom is 0 e. The molecule has 0 spiro atoms. The minimum atomic E-state index is -4.67. The Labute approximate surface area is 116 Å². The van der Waals surface area contributed by atoms with Crippen LogP contribution in [-0.2, 0) is 27.5 Å². The van der Waals surface area contributed by atoms with Crippen LogP contribution >= 0.6 is 0 Å². The van der Waals surface area contributed by atoms with Gasteiger partial charge < -0.3 is 21.9 Å². The van der Waals surface area contributed by atoms with Crippen molar-refractivity contribution in [3.05, 3.63) is 0 Å². The Hall–Kier alpha value is 1.87. The normalized spacial score (nSPS) is 5.27. The Morgan fingerprint density at radius 2 is 0.818 bits per heavy atom. The van der Waals surface area contributed by atoms with Crippen LogP contribution in [0.3, 0.4) is 0 Å². The van der Waals surface area contributed by atoms with Gasteiger partial charge in [-0.05, 0) is 0 Å². The number of rotatable bonds is 0. The van der Waals surface area contributed by atoms with Gasteiger partial charge in [0.1, 0.15) is 0 Å². The smallest absolute Gasteiger partial charge is 0 e. The van der Waals surface area contributed by atoms with Crippen molar-refractivity contribution in [3.63, 3.8) is 0 Å². The molecule has 0 atom stereocenters. The van der Waals surface area contributed by atoms with Gasteiger partial charge in [-0.15, -0.1) is 0 Å². The maximum atomic E-state index is 8.74. The van der Waals surface area contributed by atoms with Crippen LogP contribution < -0.4 is 0 Å². The molecule has 11 heavy (non-hydrogen) atoms. The molecule has 1 radical (unpaired) electrons. The molecule has 0 aliphatic heterocycles. The van der Waals surface area contributed by atoms with E-state index >= 15 is 0 Å². The van der Waals surface area contributed by atoms with E-state index in [4.69, 9.17) is 17.5 Å². The van der Waals surface area contributed by atoms with Crippen LogP contribution in [0.1, 0.15) is 0 Å². The second kappa shape index (κ2) is 22.6. The van der Waals surface area contributed by atoms with Gasteiger partial charge in [0, 0.05) is 17.1 Å². The zero-order chi connectivity index (χ0) is 4.50. The van der Waals surface area contributed by atoms with E-state index in [2.05, 4.69) is 0 Å². The summed E-state index contributed by atoms with van der Waals surface area (Å²) in [5, 5.41) is 0. The van der Waals surface area contributed by atoms with Gasteiger partial charge in [0.05, 0.1) is 0 Å². The van der Waals surface area contributed by atoms with Crippen molar-refractivity contribution in [2.24, 2.45) is 0 Å². The summed E-state index contributed by atoms with van der Waals surface area (Å²) in [7, 11) is -4.67. The topological polar surface area (TPSA) is 201 Å². The van der Waals surface area contributed by atoms with Crippen molar-refractivity contribution in [3.8, 4) is 0 Å². The number of hydrogen-bond acceptors (Lipinski definition) is 2. The Kier molecular flexibility index (Phi) is 108. The van der Waals surface area contributed by atoms with E-state index in [0.717, 1.165) is 0 Å². The summed E-state index contributed by atoms with van der Waals surface area (Å²) in [6.45, 7) is 0. The second-order valence-corrected chi connectivity index (χ2v) is 1.34. The molecule has 0 amide bonds. The summed E-state index contributed by atoms with van der Waals surface area (Å²) in [5.41, 5.74) is 0. The van der Waals surface area contributed by atoms with Crippen LogP contribution in [0.2, 0.25) is 0 Å². The molecule has 0 unspecified atom stereocenters. The summed E-state index contributed by atoms with van der Waals surface area (Å²) in [6, 6.07) is 0. The van der Waals surface area contributed by atoms with Gasteiger partial charge in [-0.25, -0.2) is 0 Å². The first-order valence-electron chi connectivity index (χ1n) is 0.698. The summed E-state index contributed by atoms with van der Waals surface area (Å²) in [4.78, 5) is 0. The molecule has 11 heteroatoms. The molecule has 0 saturated heterocycles. The predicted molar refractivity (Wildman–Crippen MR) is 35.8 cm³/mol. The second-order valence-electron chi connectivity index (χ2n) is 0.448. The molecule has 0 aromatic heterocycles. The maximum absolute atomic E-state index is 8.74. The summed E-state index contributed by atoms with van der Waals surface area (Å²) >= 11 is 0. The molecule has 0 saturated carbocycles. The van der Waals surface area contributed by atoms with Crippen molar-refractivity contribution in [1.82, 2.24) is 0 Å². The van der Waals surface area contributed by atoms with Crippen molar-refractivity contribution >= 4 is 61.8 Å². The van der Waals surface area contributed by atoms with Gasteiger partial charge in [0.15, 0.2) is 0 Å². The standard InChI is InChI=1S/K.Mn.H2O4S.4H2O.H/c;;1-5(2,3)4;;;;;/h;;(H2,1,2,3,4);4*1H2;. The van der Waals surface area contributed by atoms with Crippen molar-refractivity contribution in [2.75, 3.05) is 0 Å². The van der Waals surface area contributed by atoms with Crippen molar-refractivity contribution in [1.29, 1.82) is 0 Å². The van der Waals surface area contributed by atoms with Gasteiger partial charge >= 0.3 is 61.8 Å². The van der Waals surface area contributed by atoms with Crippen molar-refractivity contribution in [2.45, 2.75) is 0 Å². The van der Waals surface area contributed by atoms with Gasteiger partial charge in [-0.2, -0.15) is 8.42 Å². The summed E-state index contributed by atoms with van der Waals surface area (Å²) < 4.78 is 31.6. The van der Waals surface area contributed by atoms with Gasteiger partial charge in [0.2, 0.25) is 0 Å². The monoisotopic (exact) mass is 265 g/mol. The molecule has 0 bridgehead atoms. The fourth-order valence-electron chi connectivity index (χ4n) is 0. The van der Waals surface area contributed by atoms with Crippen LogP contribution in [0.25, 0.3) is 0 Å². The van der Waals surface area contributed by atoms with Crippen LogP contribution in [-0.4, -0.2) is 90.8 Å². The maximum Gasteiger partial charge on any atom is 0 e. The molecule has 8 nitrogen and oxygen atoms in total. The number of hydrogen-bond donors (Lipinski definition) is 2. The first-order chi connectivity index (χ1) is 2.00. The predicted octanol–water partition coefficient (Wildman–Crippen LogP) is -4.60. The third kappa shape index (κ3) is 332. The molecule has 0 heterocycles. The third-order valence-electron chi connectivity index (χ3n) is 0. The Morgan fingerprint density at radius 3 is 0.818 bits per heavy atom. The van der Waals surface area contributed by atoms with Crippen molar-refractivity contribution < 1.29 is 56.5 Å². The summed E-state index contributed by atoms with van der Waals surface area (Å²) in [6.07, 6.45) is 0. The first kappa shape index (κ1) is 52.6. The fourth-order valence-corrected chi connectivity index (χ4v) is 0. The van der Waals surface area contributed by atoms with Gasteiger partial charge in [-0.3, -0.25) is 9.11 Å². The SMILES string of the molecule is O.O.O.O.O=S(=O)(O)O.[KH].[Mn]. The molecule has 0 aromatic rings. The molecule has 0 fully saturated rings. The van der Waals surface area contributed by atoms with E-state index in [1.54, 1.807) is 0 Å². The average Bonchev–Trinajstić information content (AvgIpc) is 0.722. The van der Waals surface area contributed by atoms with E-state index in [0.29, 0.717) is 0 Å². The van der Waals surface area contributed by atoms with E-state index in [-0.39, 0.29) is 90.4 Å². The molecular weight excluding hydrogens is 254 g/mol. The first-order valence-corrected chi connectivity index (χ1v) is 2.10. The Morgan fingerprint density at radius 1 is 0.818 bits per heavy atom. The average molecular weight is 265 g/mol. The van der Waals surface area contributed by atoms with E-state index in [1.807, 2.05) is 0 Å². The molecular formula is H11KMnO8S. The zero-order valence-corrected chi connectivity index (χ0v) is 6.49. The molecule has 0 aromatic carbocycles. The third-order valence-corrected chi connectivity index (χ3v) is 0. The van der Waals surface area contributed by atoms with Crippen LogP contribution in [0.4, 0.5) is 0 Å². The quantitative estimate of drug-likeness (QED) is 0.327. The van der Waals surface area contributed by atoms with Crippen LogP contribution in [0, 0.1) is 0 Å². The largest absolute Gasteiger partial charge is 0 e. The fraction of sp³-hybridized carbons (Fsp3) is 0. The van der Waals surface area contributed by atoms with Crippen LogP contribution in [0.15, 0.2) is 0 Å². The minimum absolute atomic E-state index is 0. The molecule has 10 N–H and O–H groups in total. The van der Waals surface area contributed by atoms with Gasteiger partial charge in [-0.1, -0.05) is 0 Å². The van der Waals surface area contributed by atoms with E-state index in [9.17, 15) is 0 Å². The Bertz CT molecular complexity index is 97.3. The van der Waals surface area contributed by atoms with E-state index in [1.165, 1.54) is 0 Å². The van der Waals surface area contributed by atoms with Crippen LogP contribution in [0.5, 0.6) is 0 Å². The summed E-state index contributed by atoms with van der Waals surface area (Å²) in [5.74, 6) is 0. The molecule has 0 rings (SSSR count). The Balaban J connectivity index is -0.00000000533. The van der Waals surface area contributed by atoms with Gasteiger partial charge in [0.25, 0.3) is 0 Å². The molecule has 0 aliphatic carbocycles. The van der Waals surface area contributed by atoms with E-state index < -0.39 is 10.4 Å². The molecule has 0 aliphatic rings. The molecule has 73 valence electrons.